The third kappa shape index (κ3) is 3.33. The van der Waals surface area contributed by atoms with Crippen LogP contribution in [0.4, 0.5) is 0 Å². The molecule has 1 fully saturated rings. The van der Waals surface area contributed by atoms with Crippen molar-refractivity contribution in [1.82, 2.24) is 29.9 Å². The number of rotatable bonds is 4. The molecule has 5 rings (SSSR count). The minimum Gasteiger partial charge on any atom is -0.497 e. The summed E-state index contributed by atoms with van der Waals surface area (Å²) < 4.78 is 5.37. The molecule has 162 valence electrons. The molecule has 0 bridgehead atoms. The number of carbonyl (C=O) groups excluding carboxylic acids is 1. The molecule has 32 heavy (non-hydrogen) atoms. The van der Waals surface area contributed by atoms with Crippen LogP contribution in [0.15, 0.2) is 54.9 Å². The summed E-state index contributed by atoms with van der Waals surface area (Å²) in [5.74, 6) is 1.11. The maximum absolute atomic E-state index is 13.8. The lowest BCUT2D eigenvalue weighted by molar-refractivity contribution is 0.0732. The van der Waals surface area contributed by atoms with Crippen LogP contribution in [0.3, 0.4) is 0 Å². The Morgan fingerprint density at radius 1 is 1.25 bits per heavy atom. The van der Waals surface area contributed by atoms with Crippen LogP contribution in [0.2, 0.25) is 5.02 Å². The van der Waals surface area contributed by atoms with Crippen molar-refractivity contribution in [3.8, 4) is 11.4 Å². The van der Waals surface area contributed by atoms with Crippen molar-refractivity contribution in [2.75, 3.05) is 13.7 Å². The maximum atomic E-state index is 13.8. The number of halogens is 1. The van der Waals surface area contributed by atoms with Crippen LogP contribution in [0.1, 0.15) is 34.2 Å². The Balaban J connectivity index is 1.58. The number of likely N-dealkylation sites (tertiary alicyclic amines) is 1. The summed E-state index contributed by atoms with van der Waals surface area (Å²) in [6.07, 6.45) is 3.76. The molecule has 4 aromatic rings. The molecule has 0 spiro atoms. The van der Waals surface area contributed by atoms with Gasteiger partial charge < -0.3 is 14.6 Å². The summed E-state index contributed by atoms with van der Waals surface area (Å²) in [5, 5.41) is 9.05. The Hall–Kier alpha value is -3.65. The van der Waals surface area contributed by atoms with Crippen molar-refractivity contribution in [3.05, 3.63) is 76.9 Å². The fraction of sp³-hybridized carbons (Fsp3) is 0.217. The number of methoxy groups -OCH3 is 1. The Bertz CT molecular complexity index is 1340. The van der Waals surface area contributed by atoms with E-state index in [1.54, 1.807) is 42.6 Å². The molecule has 1 N–H and O–H groups in total. The molecular formula is C23H21ClN6O2. The van der Waals surface area contributed by atoms with Gasteiger partial charge in [0.05, 0.1) is 47.8 Å². The second-order valence-corrected chi connectivity index (χ2v) is 8.20. The average molecular weight is 449 g/mol. The van der Waals surface area contributed by atoms with E-state index in [4.69, 9.17) is 21.3 Å². The van der Waals surface area contributed by atoms with Crippen LogP contribution in [0.25, 0.3) is 16.7 Å². The predicted octanol–water partition coefficient (Wildman–Crippen LogP) is 4.26. The number of benzene rings is 2. The molecule has 0 aliphatic carbocycles. The van der Waals surface area contributed by atoms with Gasteiger partial charge in [0, 0.05) is 11.6 Å². The number of nitrogens with one attached hydrogen (secondary N) is 1. The third-order valence-corrected chi connectivity index (χ3v) is 6.17. The van der Waals surface area contributed by atoms with Gasteiger partial charge in [0.25, 0.3) is 5.91 Å². The van der Waals surface area contributed by atoms with Gasteiger partial charge >= 0.3 is 0 Å². The number of fused-ring (bicyclic) bond motifs is 1. The van der Waals surface area contributed by atoms with Crippen molar-refractivity contribution in [3.63, 3.8) is 0 Å². The molecule has 1 unspecified atom stereocenters. The Labute approximate surface area is 189 Å². The van der Waals surface area contributed by atoms with Crippen LogP contribution < -0.4 is 4.74 Å². The highest BCUT2D eigenvalue weighted by atomic mass is 35.5. The molecule has 2 aromatic carbocycles. The molecular weight excluding hydrogens is 428 g/mol. The highest BCUT2D eigenvalue weighted by Gasteiger charge is 2.36. The van der Waals surface area contributed by atoms with Crippen molar-refractivity contribution in [2.24, 2.45) is 0 Å². The summed E-state index contributed by atoms with van der Waals surface area (Å²) in [4.78, 5) is 25.2. The van der Waals surface area contributed by atoms with E-state index >= 15 is 0 Å². The van der Waals surface area contributed by atoms with Gasteiger partial charge in [-0.25, -0.2) is 4.98 Å². The zero-order valence-corrected chi connectivity index (χ0v) is 18.4. The molecule has 1 aliphatic heterocycles. The molecule has 1 atom stereocenters. The Morgan fingerprint density at radius 3 is 2.78 bits per heavy atom. The van der Waals surface area contributed by atoms with E-state index < -0.39 is 0 Å². The highest BCUT2D eigenvalue weighted by molar-refractivity contribution is 6.32. The summed E-state index contributed by atoms with van der Waals surface area (Å²) >= 11 is 6.28. The number of amides is 1. The number of hydrogen-bond donors (Lipinski definition) is 1. The number of aryl methyl sites for hydroxylation is 1. The Morgan fingerprint density at radius 2 is 2.03 bits per heavy atom. The SMILES string of the molecule is C=C1CC(c2nc3c(C)c(Cl)ccc3[nH]2)N(C(=O)c2cc(OC)ccc2-n2nccn2)C1. The Kier molecular flexibility index (Phi) is 4.94. The molecule has 9 heteroatoms. The van der Waals surface area contributed by atoms with Gasteiger partial charge in [-0.3, -0.25) is 4.79 Å². The van der Waals surface area contributed by atoms with Gasteiger partial charge in [-0.1, -0.05) is 23.8 Å². The van der Waals surface area contributed by atoms with Crippen molar-refractivity contribution < 1.29 is 9.53 Å². The second-order valence-electron chi connectivity index (χ2n) is 7.80. The van der Waals surface area contributed by atoms with E-state index in [1.165, 1.54) is 4.80 Å². The van der Waals surface area contributed by atoms with Gasteiger partial charge in [0.2, 0.25) is 0 Å². The molecule has 2 aromatic heterocycles. The van der Waals surface area contributed by atoms with Gasteiger partial charge in [0.15, 0.2) is 0 Å². The van der Waals surface area contributed by atoms with Gasteiger partial charge in [-0.05, 0) is 49.2 Å². The summed E-state index contributed by atoms with van der Waals surface area (Å²) in [6.45, 7) is 6.51. The molecule has 1 saturated heterocycles. The van der Waals surface area contributed by atoms with E-state index in [-0.39, 0.29) is 11.9 Å². The lowest BCUT2D eigenvalue weighted by Gasteiger charge is -2.24. The second kappa shape index (κ2) is 7.80. The third-order valence-electron chi connectivity index (χ3n) is 5.76. The van der Waals surface area contributed by atoms with E-state index in [0.29, 0.717) is 40.8 Å². The van der Waals surface area contributed by atoms with E-state index in [9.17, 15) is 4.79 Å². The lowest BCUT2D eigenvalue weighted by atomic mass is 10.1. The van der Waals surface area contributed by atoms with E-state index in [0.717, 1.165) is 22.2 Å². The first-order valence-corrected chi connectivity index (χ1v) is 10.5. The van der Waals surface area contributed by atoms with Crippen LogP contribution >= 0.6 is 11.6 Å². The number of carbonyl (C=O) groups is 1. The highest BCUT2D eigenvalue weighted by Crippen LogP contribution is 2.37. The first-order valence-electron chi connectivity index (χ1n) is 10.1. The van der Waals surface area contributed by atoms with Crippen molar-refractivity contribution >= 4 is 28.5 Å². The zero-order chi connectivity index (χ0) is 22.4. The smallest absolute Gasteiger partial charge is 0.257 e. The predicted molar refractivity (Wildman–Crippen MR) is 121 cm³/mol. The molecule has 3 heterocycles. The first-order chi connectivity index (χ1) is 15.5. The number of hydrogen-bond acceptors (Lipinski definition) is 5. The largest absolute Gasteiger partial charge is 0.497 e. The normalized spacial score (nSPS) is 16.2. The van der Waals surface area contributed by atoms with Gasteiger partial charge in [0.1, 0.15) is 11.6 Å². The van der Waals surface area contributed by atoms with Crippen LogP contribution in [0, 0.1) is 6.92 Å². The first kappa shape index (κ1) is 20.3. The minimum absolute atomic E-state index is 0.171. The fourth-order valence-electron chi connectivity index (χ4n) is 4.10. The zero-order valence-electron chi connectivity index (χ0n) is 17.7. The number of aromatic amines is 1. The number of nitrogens with zero attached hydrogens (tertiary/aromatic N) is 5. The molecule has 8 nitrogen and oxygen atoms in total. The quantitative estimate of drug-likeness (QED) is 0.471. The lowest BCUT2D eigenvalue weighted by Crippen LogP contribution is -2.32. The number of imidazole rings is 1. The minimum atomic E-state index is -0.273. The van der Waals surface area contributed by atoms with E-state index in [2.05, 4.69) is 21.8 Å². The molecule has 1 aliphatic rings. The molecule has 0 radical (unpaired) electrons. The van der Waals surface area contributed by atoms with Crippen LogP contribution in [-0.4, -0.2) is 49.4 Å². The molecule has 1 amide bonds. The summed E-state index contributed by atoms with van der Waals surface area (Å²) in [6, 6.07) is 8.74. The fourth-order valence-corrected chi connectivity index (χ4v) is 4.26. The number of H-pyrrole nitrogens is 1. The van der Waals surface area contributed by atoms with Gasteiger partial charge in [-0.15, -0.1) is 0 Å². The summed E-state index contributed by atoms with van der Waals surface area (Å²) in [5.41, 5.74) is 4.57. The topological polar surface area (TPSA) is 88.9 Å². The number of aromatic nitrogens is 5. The van der Waals surface area contributed by atoms with Crippen LogP contribution in [0.5, 0.6) is 5.75 Å². The van der Waals surface area contributed by atoms with Gasteiger partial charge in [-0.2, -0.15) is 15.0 Å². The summed E-state index contributed by atoms with van der Waals surface area (Å²) in [7, 11) is 1.57. The van der Waals surface area contributed by atoms with Crippen LogP contribution in [-0.2, 0) is 0 Å². The maximum Gasteiger partial charge on any atom is 0.257 e. The van der Waals surface area contributed by atoms with Crippen molar-refractivity contribution in [2.45, 2.75) is 19.4 Å². The average Bonchev–Trinajstić information content (AvgIpc) is 3.55. The van der Waals surface area contributed by atoms with Crippen molar-refractivity contribution in [1.29, 1.82) is 0 Å². The van der Waals surface area contributed by atoms with E-state index in [1.807, 2.05) is 19.1 Å². The molecule has 0 saturated carbocycles. The standard InChI is InChI=1S/C23H21ClN6O2/c1-13-10-20(22-27-18-6-5-17(24)14(2)21(18)28-22)29(12-13)23(31)16-11-15(32-3)4-7-19(16)30-25-8-9-26-30/h4-9,11,20H,1,10,12H2,2-3H3,(H,27,28). The number of ether oxygens (including phenoxy) is 1. The monoisotopic (exact) mass is 448 g/mol.